The molecule has 0 heterocycles. The number of halogens is 2. The van der Waals surface area contributed by atoms with Crippen LogP contribution in [0.3, 0.4) is 0 Å². The van der Waals surface area contributed by atoms with Gasteiger partial charge in [0, 0.05) is 34.8 Å². The molecule has 2 amide bonds. The number of carbonyl (C=O) groups is 2. The van der Waals surface area contributed by atoms with Crippen molar-refractivity contribution in [1.82, 2.24) is 10.2 Å². The van der Waals surface area contributed by atoms with Crippen molar-refractivity contribution in [3.8, 4) is 0 Å². The number of hydrogen-bond acceptors (Lipinski definition) is 3. The van der Waals surface area contributed by atoms with E-state index < -0.39 is 6.04 Å². The van der Waals surface area contributed by atoms with E-state index in [1.165, 1.54) is 11.8 Å². The van der Waals surface area contributed by atoms with Crippen LogP contribution in [0, 0.1) is 6.92 Å². The lowest BCUT2D eigenvalue weighted by Crippen LogP contribution is -2.52. The third kappa shape index (κ3) is 8.26. The number of carbonyl (C=O) groups excluding carboxylic acids is 2. The Morgan fingerprint density at radius 3 is 2.37 bits per heavy atom. The molecular formula is C31H34Cl2N2O2S. The Bertz CT molecular complexity index is 1210. The summed E-state index contributed by atoms with van der Waals surface area (Å²) in [4.78, 5) is 29.3. The first kappa shape index (κ1) is 28.5. The molecule has 38 heavy (non-hydrogen) atoms. The van der Waals surface area contributed by atoms with Gasteiger partial charge in [-0.3, -0.25) is 9.59 Å². The number of aryl methyl sites for hydroxylation is 1. The van der Waals surface area contributed by atoms with Gasteiger partial charge in [0.15, 0.2) is 0 Å². The van der Waals surface area contributed by atoms with Crippen molar-refractivity contribution in [3.05, 3.63) is 105 Å². The maximum atomic E-state index is 13.8. The molecule has 1 unspecified atom stereocenters. The Morgan fingerprint density at radius 1 is 0.974 bits per heavy atom. The smallest absolute Gasteiger partial charge is 0.243 e. The first-order chi connectivity index (χ1) is 18.4. The fourth-order valence-corrected chi connectivity index (χ4v) is 6.25. The average Bonchev–Trinajstić information content (AvgIpc) is 3.42. The van der Waals surface area contributed by atoms with E-state index in [4.69, 9.17) is 23.2 Å². The van der Waals surface area contributed by atoms with Crippen LogP contribution in [0.4, 0.5) is 0 Å². The maximum absolute atomic E-state index is 13.8. The predicted molar refractivity (Wildman–Crippen MR) is 159 cm³/mol. The molecule has 200 valence electrons. The number of nitrogens with zero attached hydrogens (tertiary/aromatic N) is 1. The van der Waals surface area contributed by atoms with Crippen LogP contribution in [0.5, 0.6) is 0 Å². The van der Waals surface area contributed by atoms with Crippen LogP contribution in [-0.2, 0) is 28.3 Å². The second-order valence-corrected chi connectivity index (χ2v) is 11.8. The highest BCUT2D eigenvalue weighted by Gasteiger charge is 2.32. The zero-order valence-corrected chi connectivity index (χ0v) is 24.0. The van der Waals surface area contributed by atoms with Gasteiger partial charge in [-0.25, -0.2) is 0 Å². The molecule has 3 aromatic rings. The summed E-state index contributed by atoms with van der Waals surface area (Å²) in [5.41, 5.74) is 4.11. The molecule has 1 aliphatic carbocycles. The van der Waals surface area contributed by atoms with Gasteiger partial charge in [-0.2, -0.15) is 0 Å². The number of thioether (sulfide) groups is 1. The molecule has 0 radical (unpaired) electrons. The predicted octanol–water partition coefficient (Wildman–Crippen LogP) is 7.23. The third-order valence-corrected chi connectivity index (χ3v) is 8.50. The molecule has 1 atom stereocenters. The first-order valence-corrected chi connectivity index (χ1v) is 15.0. The quantitative estimate of drug-likeness (QED) is 0.265. The van der Waals surface area contributed by atoms with Crippen LogP contribution < -0.4 is 5.32 Å². The van der Waals surface area contributed by atoms with Gasteiger partial charge in [0.2, 0.25) is 11.8 Å². The summed E-state index contributed by atoms with van der Waals surface area (Å²) in [6.45, 7) is 2.41. The second kappa shape index (κ2) is 14.1. The average molecular weight is 570 g/mol. The van der Waals surface area contributed by atoms with Crippen LogP contribution in [0.25, 0.3) is 0 Å². The molecular weight excluding hydrogens is 535 g/mol. The van der Waals surface area contributed by atoms with Crippen molar-refractivity contribution in [1.29, 1.82) is 0 Å². The highest BCUT2D eigenvalue weighted by atomic mass is 35.5. The lowest BCUT2D eigenvalue weighted by Gasteiger charge is -2.32. The minimum atomic E-state index is -0.605. The van der Waals surface area contributed by atoms with Gasteiger partial charge >= 0.3 is 0 Å². The Labute approximate surface area is 240 Å². The Morgan fingerprint density at radius 2 is 1.68 bits per heavy atom. The molecule has 0 aromatic heterocycles. The number of rotatable bonds is 11. The summed E-state index contributed by atoms with van der Waals surface area (Å²) in [6, 6.07) is 23.1. The number of hydrogen-bond donors (Lipinski definition) is 1. The lowest BCUT2D eigenvalue weighted by molar-refractivity contribution is -0.139. The van der Waals surface area contributed by atoms with Crippen LogP contribution >= 0.6 is 35.0 Å². The number of nitrogens with one attached hydrogen (secondary N) is 1. The SMILES string of the molecule is Cc1ccc(CN(C(=O)CSCc2ccc(Cl)cc2Cl)C(Cc2ccccc2)C(=O)NC2CCCC2)cc1. The van der Waals surface area contributed by atoms with Crippen molar-refractivity contribution >= 4 is 46.8 Å². The minimum Gasteiger partial charge on any atom is -0.352 e. The standard InChI is InChI=1S/C31H34Cl2N2O2S/c1-22-11-13-24(14-12-22)19-35(30(36)21-38-20-25-15-16-26(32)18-28(25)33)29(17-23-7-3-2-4-8-23)31(37)34-27-9-5-6-10-27/h2-4,7-8,11-16,18,27,29H,5-6,9-10,17,19-21H2,1H3,(H,34,37). The normalized spacial score (nSPS) is 14.3. The largest absolute Gasteiger partial charge is 0.352 e. The van der Waals surface area contributed by atoms with E-state index in [-0.39, 0.29) is 23.6 Å². The van der Waals surface area contributed by atoms with Gasteiger partial charge in [0.25, 0.3) is 0 Å². The summed E-state index contributed by atoms with van der Waals surface area (Å²) < 4.78 is 0. The maximum Gasteiger partial charge on any atom is 0.243 e. The molecule has 4 nitrogen and oxygen atoms in total. The molecule has 3 aromatic carbocycles. The van der Waals surface area contributed by atoms with Crippen molar-refractivity contribution in [2.75, 3.05) is 5.75 Å². The van der Waals surface area contributed by atoms with E-state index in [1.54, 1.807) is 17.0 Å². The molecule has 1 saturated carbocycles. The molecule has 1 aliphatic rings. The van der Waals surface area contributed by atoms with Crippen molar-refractivity contribution < 1.29 is 9.59 Å². The Hall–Kier alpha value is -2.47. The lowest BCUT2D eigenvalue weighted by atomic mass is 10.0. The summed E-state index contributed by atoms with van der Waals surface area (Å²) in [6.07, 6.45) is 4.71. The molecule has 1 fully saturated rings. The number of benzene rings is 3. The van der Waals surface area contributed by atoms with E-state index in [0.29, 0.717) is 28.8 Å². The second-order valence-electron chi connectivity index (χ2n) is 9.93. The fourth-order valence-electron chi connectivity index (χ4n) is 4.78. The highest BCUT2D eigenvalue weighted by Crippen LogP contribution is 2.26. The van der Waals surface area contributed by atoms with Gasteiger partial charge in [-0.05, 0) is 48.6 Å². The zero-order chi connectivity index (χ0) is 26.9. The molecule has 1 N–H and O–H groups in total. The molecule has 0 saturated heterocycles. The van der Waals surface area contributed by atoms with E-state index >= 15 is 0 Å². The van der Waals surface area contributed by atoms with Gasteiger partial charge in [-0.15, -0.1) is 11.8 Å². The van der Waals surface area contributed by atoms with E-state index in [1.807, 2.05) is 67.6 Å². The van der Waals surface area contributed by atoms with Crippen LogP contribution in [0.1, 0.15) is 47.9 Å². The molecule has 0 spiro atoms. The van der Waals surface area contributed by atoms with E-state index in [2.05, 4.69) is 5.32 Å². The number of amides is 2. The van der Waals surface area contributed by atoms with Crippen molar-refractivity contribution in [2.24, 2.45) is 0 Å². The Balaban J connectivity index is 1.56. The Kier molecular flexibility index (Phi) is 10.6. The molecule has 4 rings (SSSR count). The zero-order valence-electron chi connectivity index (χ0n) is 21.7. The topological polar surface area (TPSA) is 49.4 Å². The highest BCUT2D eigenvalue weighted by molar-refractivity contribution is 7.99. The minimum absolute atomic E-state index is 0.0665. The summed E-state index contributed by atoms with van der Waals surface area (Å²) in [5.74, 6) is 0.681. The molecule has 0 bridgehead atoms. The summed E-state index contributed by atoms with van der Waals surface area (Å²) >= 11 is 13.9. The van der Waals surface area contributed by atoms with Gasteiger partial charge < -0.3 is 10.2 Å². The monoisotopic (exact) mass is 568 g/mol. The van der Waals surface area contributed by atoms with Crippen LogP contribution in [0.2, 0.25) is 10.0 Å². The van der Waals surface area contributed by atoms with Gasteiger partial charge in [0.1, 0.15) is 6.04 Å². The van der Waals surface area contributed by atoms with E-state index in [9.17, 15) is 9.59 Å². The van der Waals surface area contributed by atoms with Gasteiger partial charge in [-0.1, -0.05) is 102 Å². The molecule has 7 heteroatoms. The fraction of sp³-hybridized carbons (Fsp3) is 0.355. The van der Waals surface area contributed by atoms with Crippen LogP contribution in [-0.4, -0.2) is 34.6 Å². The summed E-state index contributed by atoms with van der Waals surface area (Å²) in [7, 11) is 0. The van der Waals surface area contributed by atoms with Gasteiger partial charge in [0.05, 0.1) is 5.75 Å². The van der Waals surface area contributed by atoms with Crippen LogP contribution in [0.15, 0.2) is 72.8 Å². The van der Waals surface area contributed by atoms with Crippen molar-refractivity contribution in [2.45, 2.75) is 63.4 Å². The summed E-state index contributed by atoms with van der Waals surface area (Å²) in [5, 5.41) is 4.43. The molecule has 0 aliphatic heterocycles. The third-order valence-electron chi connectivity index (χ3n) is 6.94. The van der Waals surface area contributed by atoms with Crippen molar-refractivity contribution in [3.63, 3.8) is 0 Å². The van der Waals surface area contributed by atoms with E-state index in [0.717, 1.165) is 47.9 Å². The first-order valence-electron chi connectivity index (χ1n) is 13.1.